The zero-order valence-electron chi connectivity index (χ0n) is 10.2. The lowest BCUT2D eigenvalue weighted by molar-refractivity contribution is 0.640. The minimum Gasteiger partial charge on any atom is -0.396 e. The van der Waals surface area contributed by atoms with E-state index in [4.69, 9.17) is 5.73 Å². The van der Waals surface area contributed by atoms with Crippen LogP contribution >= 0.6 is 11.8 Å². The first kappa shape index (κ1) is 12.0. The third-order valence-electron chi connectivity index (χ3n) is 2.75. The summed E-state index contributed by atoms with van der Waals surface area (Å²) in [5.74, 6) is 1.01. The van der Waals surface area contributed by atoms with Gasteiger partial charge in [-0.3, -0.25) is 4.68 Å². The summed E-state index contributed by atoms with van der Waals surface area (Å²) >= 11 is 1.84. The number of nitrogen functional groups attached to an aromatic ring is 1. The Morgan fingerprint density at radius 2 is 1.94 bits per heavy atom. The highest BCUT2D eigenvalue weighted by atomic mass is 32.2. The van der Waals surface area contributed by atoms with Gasteiger partial charge in [0.15, 0.2) is 0 Å². The van der Waals surface area contributed by atoms with Crippen molar-refractivity contribution in [3.05, 3.63) is 41.7 Å². The zero-order valence-corrected chi connectivity index (χ0v) is 11.0. The van der Waals surface area contributed by atoms with E-state index in [0.717, 1.165) is 29.4 Å². The van der Waals surface area contributed by atoms with Crippen LogP contribution in [0.5, 0.6) is 0 Å². The van der Waals surface area contributed by atoms with E-state index < -0.39 is 0 Å². The summed E-state index contributed by atoms with van der Waals surface area (Å²) in [6.07, 6.45) is 0. The highest BCUT2D eigenvalue weighted by Gasteiger charge is 2.07. The molecule has 0 radical (unpaired) electrons. The maximum atomic E-state index is 5.90. The minimum absolute atomic E-state index is 0.815. The van der Waals surface area contributed by atoms with Crippen LogP contribution in [-0.4, -0.2) is 15.5 Å². The molecule has 17 heavy (non-hydrogen) atoms. The van der Waals surface area contributed by atoms with E-state index in [-0.39, 0.29) is 0 Å². The van der Waals surface area contributed by atoms with E-state index in [2.05, 4.69) is 29.4 Å². The molecule has 1 aromatic heterocycles. The molecule has 90 valence electrons. The molecule has 2 rings (SSSR count). The molecule has 0 bridgehead atoms. The molecule has 0 atom stereocenters. The molecular weight excluding hydrogens is 230 g/mol. The number of nitrogens with two attached hydrogens (primary N) is 1. The standard InChI is InChI=1S/C13H17N3S/c1-10-13(14)11(2)16(15-10)8-9-17-12-6-4-3-5-7-12/h3-7H,8-9,14H2,1-2H3. The van der Waals surface area contributed by atoms with Crippen LogP contribution in [0.4, 0.5) is 5.69 Å². The van der Waals surface area contributed by atoms with Gasteiger partial charge >= 0.3 is 0 Å². The molecule has 0 fully saturated rings. The number of hydrogen-bond acceptors (Lipinski definition) is 3. The van der Waals surface area contributed by atoms with Crippen LogP contribution in [0.15, 0.2) is 35.2 Å². The molecular formula is C13H17N3S. The number of aromatic nitrogens is 2. The van der Waals surface area contributed by atoms with Crippen molar-refractivity contribution < 1.29 is 0 Å². The summed E-state index contributed by atoms with van der Waals surface area (Å²) in [7, 11) is 0. The first-order valence-electron chi connectivity index (χ1n) is 5.66. The highest BCUT2D eigenvalue weighted by molar-refractivity contribution is 7.99. The van der Waals surface area contributed by atoms with Gasteiger partial charge in [0, 0.05) is 10.6 Å². The summed E-state index contributed by atoms with van der Waals surface area (Å²) in [5.41, 5.74) is 8.70. The van der Waals surface area contributed by atoms with Crippen molar-refractivity contribution in [3.63, 3.8) is 0 Å². The quantitative estimate of drug-likeness (QED) is 0.845. The summed E-state index contributed by atoms with van der Waals surface area (Å²) in [6.45, 7) is 4.86. The SMILES string of the molecule is Cc1nn(CCSc2ccccc2)c(C)c1N. The maximum absolute atomic E-state index is 5.90. The molecule has 4 heteroatoms. The molecule has 0 unspecified atom stereocenters. The van der Waals surface area contributed by atoms with Gasteiger partial charge in [-0.15, -0.1) is 11.8 Å². The van der Waals surface area contributed by atoms with Crippen molar-refractivity contribution in [1.82, 2.24) is 9.78 Å². The molecule has 0 aliphatic heterocycles. The van der Waals surface area contributed by atoms with Crippen LogP contribution in [0, 0.1) is 13.8 Å². The first-order chi connectivity index (χ1) is 8.18. The molecule has 2 N–H and O–H groups in total. The van der Waals surface area contributed by atoms with E-state index in [1.807, 2.05) is 36.4 Å². The van der Waals surface area contributed by atoms with Crippen LogP contribution in [0.1, 0.15) is 11.4 Å². The van der Waals surface area contributed by atoms with E-state index in [1.54, 1.807) is 0 Å². The lowest BCUT2D eigenvalue weighted by atomic mass is 10.3. The second-order valence-corrected chi connectivity index (χ2v) is 5.14. The van der Waals surface area contributed by atoms with E-state index in [0.29, 0.717) is 0 Å². The number of thioether (sulfide) groups is 1. The fourth-order valence-corrected chi connectivity index (χ4v) is 2.54. The van der Waals surface area contributed by atoms with E-state index in [1.165, 1.54) is 4.90 Å². The number of nitrogens with zero attached hydrogens (tertiary/aromatic N) is 2. The van der Waals surface area contributed by atoms with Gasteiger partial charge in [0.05, 0.1) is 23.6 Å². The van der Waals surface area contributed by atoms with Crippen LogP contribution in [0.3, 0.4) is 0 Å². The number of rotatable bonds is 4. The lowest BCUT2D eigenvalue weighted by Gasteiger charge is -2.04. The predicted molar refractivity (Wildman–Crippen MR) is 73.3 cm³/mol. The van der Waals surface area contributed by atoms with Gasteiger partial charge in [0.2, 0.25) is 0 Å². The highest BCUT2D eigenvalue weighted by Crippen LogP contribution is 2.19. The summed E-state index contributed by atoms with van der Waals surface area (Å²) in [4.78, 5) is 1.29. The summed E-state index contributed by atoms with van der Waals surface area (Å²) < 4.78 is 1.99. The Kier molecular flexibility index (Phi) is 3.74. The first-order valence-corrected chi connectivity index (χ1v) is 6.64. The van der Waals surface area contributed by atoms with Crippen molar-refractivity contribution in [3.8, 4) is 0 Å². The van der Waals surface area contributed by atoms with Gasteiger partial charge in [-0.05, 0) is 26.0 Å². The molecule has 1 heterocycles. The molecule has 0 amide bonds. The average molecular weight is 247 g/mol. The largest absolute Gasteiger partial charge is 0.396 e. The maximum Gasteiger partial charge on any atom is 0.0825 e. The molecule has 1 aromatic carbocycles. The van der Waals surface area contributed by atoms with Crippen LogP contribution in [0.2, 0.25) is 0 Å². The van der Waals surface area contributed by atoms with E-state index in [9.17, 15) is 0 Å². The van der Waals surface area contributed by atoms with Crippen LogP contribution in [0.25, 0.3) is 0 Å². The summed E-state index contributed by atoms with van der Waals surface area (Å²) in [6, 6.07) is 10.4. The predicted octanol–water partition coefficient (Wildman–Crippen LogP) is 2.87. The Labute approximate surface area is 106 Å². The van der Waals surface area contributed by atoms with Crippen molar-refractivity contribution in [2.75, 3.05) is 11.5 Å². The Morgan fingerprint density at radius 1 is 1.24 bits per heavy atom. The Hall–Kier alpha value is -1.42. The number of aryl methyl sites for hydroxylation is 2. The fraction of sp³-hybridized carbons (Fsp3) is 0.308. The van der Waals surface area contributed by atoms with Gasteiger partial charge in [0.1, 0.15) is 0 Å². The van der Waals surface area contributed by atoms with E-state index >= 15 is 0 Å². The van der Waals surface area contributed by atoms with Gasteiger partial charge < -0.3 is 5.73 Å². The van der Waals surface area contributed by atoms with Crippen molar-refractivity contribution in [1.29, 1.82) is 0 Å². The number of benzene rings is 1. The molecule has 3 nitrogen and oxygen atoms in total. The Bertz CT molecular complexity index is 491. The second-order valence-electron chi connectivity index (χ2n) is 3.97. The second kappa shape index (κ2) is 5.27. The topological polar surface area (TPSA) is 43.8 Å². The minimum atomic E-state index is 0.815. The van der Waals surface area contributed by atoms with Crippen molar-refractivity contribution in [2.24, 2.45) is 0 Å². The molecule has 0 spiro atoms. The zero-order chi connectivity index (χ0) is 12.3. The summed E-state index contributed by atoms with van der Waals surface area (Å²) in [5, 5.41) is 4.42. The number of anilines is 1. The van der Waals surface area contributed by atoms with Gasteiger partial charge in [-0.1, -0.05) is 18.2 Å². The average Bonchev–Trinajstić information content (AvgIpc) is 2.59. The van der Waals surface area contributed by atoms with Crippen molar-refractivity contribution in [2.45, 2.75) is 25.3 Å². The molecule has 0 saturated carbocycles. The fourth-order valence-electron chi connectivity index (χ4n) is 1.70. The van der Waals surface area contributed by atoms with Crippen LogP contribution in [-0.2, 0) is 6.54 Å². The molecule has 0 saturated heterocycles. The number of hydrogen-bond donors (Lipinski definition) is 1. The van der Waals surface area contributed by atoms with Crippen LogP contribution < -0.4 is 5.73 Å². The van der Waals surface area contributed by atoms with Gasteiger partial charge in [-0.2, -0.15) is 5.10 Å². The lowest BCUT2D eigenvalue weighted by Crippen LogP contribution is -2.05. The van der Waals surface area contributed by atoms with Crippen molar-refractivity contribution >= 4 is 17.4 Å². The Morgan fingerprint density at radius 3 is 2.53 bits per heavy atom. The molecule has 0 aliphatic rings. The normalized spacial score (nSPS) is 10.7. The monoisotopic (exact) mass is 247 g/mol. The third kappa shape index (κ3) is 2.82. The third-order valence-corrected chi connectivity index (χ3v) is 3.74. The molecule has 0 aliphatic carbocycles. The van der Waals surface area contributed by atoms with Gasteiger partial charge in [-0.25, -0.2) is 0 Å². The smallest absolute Gasteiger partial charge is 0.0825 e. The van der Waals surface area contributed by atoms with Gasteiger partial charge in [0.25, 0.3) is 0 Å². The Balaban J connectivity index is 1.92. The molecule has 2 aromatic rings.